The third-order valence-corrected chi connectivity index (χ3v) is 3.58. The maximum Gasteiger partial charge on any atom is 0.0746 e. The van der Waals surface area contributed by atoms with Crippen LogP contribution in [-0.4, -0.2) is 25.3 Å². The molecule has 2 heteroatoms. The molecule has 0 spiro atoms. The third kappa shape index (κ3) is 2.96. The van der Waals surface area contributed by atoms with Crippen molar-refractivity contribution in [2.45, 2.75) is 58.6 Å². The van der Waals surface area contributed by atoms with Crippen LogP contribution in [0.4, 0.5) is 0 Å². The summed E-state index contributed by atoms with van der Waals surface area (Å²) < 4.78 is 5.40. The summed E-state index contributed by atoms with van der Waals surface area (Å²) in [6, 6.07) is 0.664. The lowest BCUT2D eigenvalue weighted by molar-refractivity contribution is 0.0183. The first kappa shape index (κ1) is 12.0. The largest absolute Gasteiger partial charge is 0.377 e. The van der Waals surface area contributed by atoms with Crippen molar-refractivity contribution >= 4 is 0 Å². The van der Waals surface area contributed by atoms with Crippen molar-refractivity contribution in [2.24, 2.45) is 5.41 Å². The first-order chi connectivity index (χ1) is 6.37. The van der Waals surface area contributed by atoms with E-state index in [9.17, 15) is 0 Å². The van der Waals surface area contributed by atoms with E-state index in [1.54, 1.807) is 7.11 Å². The fraction of sp³-hybridized carbons (Fsp3) is 1.00. The predicted molar refractivity (Wildman–Crippen MR) is 60.5 cm³/mol. The lowest BCUT2D eigenvalue weighted by Gasteiger charge is -2.32. The van der Waals surface area contributed by atoms with Crippen molar-refractivity contribution in [3.8, 4) is 0 Å². The molecule has 0 aromatic rings. The fourth-order valence-electron chi connectivity index (χ4n) is 2.15. The molecule has 0 aromatic heterocycles. The predicted octanol–water partition coefficient (Wildman–Crippen LogP) is 2.58. The second-order valence-electron chi connectivity index (χ2n) is 5.78. The number of hydrogen-bond acceptors (Lipinski definition) is 2. The average Bonchev–Trinajstić information content (AvgIpc) is 2.42. The van der Waals surface area contributed by atoms with Gasteiger partial charge < -0.3 is 10.1 Å². The highest BCUT2D eigenvalue weighted by atomic mass is 16.5. The lowest BCUT2D eigenvalue weighted by Crippen LogP contribution is -2.45. The van der Waals surface area contributed by atoms with E-state index in [2.05, 4.69) is 33.0 Å². The Hall–Kier alpha value is -0.0800. The zero-order valence-corrected chi connectivity index (χ0v) is 10.3. The van der Waals surface area contributed by atoms with E-state index in [1.165, 1.54) is 19.3 Å². The molecule has 0 saturated heterocycles. The highest BCUT2D eigenvalue weighted by Crippen LogP contribution is 2.37. The molecule has 0 aliphatic heterocycles. The van der Waals surface area contributed by atoms with Crippen molar-refractivity contribution in [1.82, 2.24) is 5.32 Å². The topological polar surface area (TPSA) is 21.3 Å². The number of ether oxygens (including phenoxy) is 1. The maximum absolute atomic E-state index is 5.40. The van der Waals surface area contributed by atoms with Gasteiger partial charge in [0.1, 0.15) is 0 Å². The van der Waals surface area contributed by atoms with Crippen LogP contribution in [0.5, 0.6) is 0 Å². The Bertz CT molecular complexity index is 187. The zero-order valence-electron chi connectivity index (χ0n) is 10.3. The quantitative estimate of drug-likeness (QED) is 0.751. The van der Waals surface area contributed by atoms with Gasteiger partial charge in [-0.1, -0.05) is 20.3 Å². The summed E-state index contributed by atoms with van der Waals surface area (Å²) in [5.74, 6) is 0. The standard InChI is InChI=1S/C12H25NO/c1-11(2)8-6-7-10(11)13-9-12(3,4)14-5/h10,13H,6-9H2,1-5H3. The van der Waals surface area contributed by atoms with Gasteiger partial charge in [-0.05, 0) is 32.1 Å². The molecule has 1 fully saturated rings. The average molecular weight is 199 g/mol. The van der Waals surface area contributed by atoms with E-state index in [-0.39, 0.29) is 5.60 Å². The van der Waals surface area contributed by atoms with Crippen molar-refractivity contribution < 1.29 is 4.74 Å². The van der Waals surface area contributed by atoms with Crippen molar-refractivity contribution in [2.75, 3.05) is 13.7 Å². The minimum absolute atomic E-state index is 0.0430. The van der Waals surface area contributed by atoms with Gasteiger partial charge in [0.2, 0.25) is 0 Å². The van der Waals surface area contributed by atoms with Gasteiger partial charge in [0, 0.05) is 19.7 Å². The van der Waals surface area contributed by atoms with E-state index < -0.39 is 0 Å². The smallest absolute Gasteiger partial charge is 0.0746 e. The first-order valence-corrected chi connectivity index (χ1v) is 5.66. The van der Waals surface area contributed by atoms with Crippen LogP contribution in [-0.2, 0) is 4.74 Å². The molecular formula is C12H25NO. The minimum atomic E-state index is -0.0430. The van der Waals surface area contributed by atoms with E-state index in [0.717, 1.165) is 6.54 Å². The molecule has 1 saturated carbocycles. The second kappa shape index (κ2) is 4.19. The Balaban J connectivity index is 2.38. The normalized spacial score (nSPS) is 26.8. The van der Waals surface area contributed by atoms with Gasteiger partial charge in [-0.3, -0.25) is 0 Å². The van der Waals surface area contributed by atoms with Crippen molar-refractivity contribution in [3.05, 3.63) is 0 Å². The van der Waals surface area contributed by atoms with Crippen molar-refractivity contribution in [3.63, 3.8) is 0 Å². The summed E-state index contributed by atoms with van der Waals surface area (Å²) in [5.41, 5.74) is 0.419. The Labute approximate surface area is 88.4 Å². The van der Waals surface area contributed by atoms with E-state index in [4.69, 9.17) is 4.74 Å². The highest BCUT2D eigenvalue weighted by molar-refractivity contribution is 4.91. The summed E-state index contributed by atoms with van der Waals surface area (Å²) >= 11 is 0. The van der Waals surface area contributed by atoms with Crippen LogP contribution >= 0.6 is 0 Å². The summed E-state index contributed by atoms with van der Waals surface area (Å²) in [6.45, 7) is 9.91. The van der Waals surface area contributed by atoms with Crippen molar-refractivity contribution in [1.29, 1.82) is 0 Å². The second-order valence-corrected chi connectivity index (χ2v) is 5.78. The molecule has 0 radical (unpaired) electrons. The van der Waals surface area contributed by atoms with Gasteiger partial charge in [0.25, 0.3) is 0 Å². The highest BCUT2D eigenvalue weighted by Gasteiger charge is 2.34. The number of hydrogen-bond donors (Lipinski definition) is 1. The third-order valence-electron chi connectivity index (χ3n) is 3.58. The molecule has 2 nitrogen and oxygen atoms in total. The molecule has 14 heavy (non-hydrogen) atoms. The minimum Gasteiger partial charge on any atom is -0.377 e. The van der Waals surface area contributed by atoms with Crippen LogP contribution in [0.15, 0.2) is 0 Å². The van der Waals surface area contributed by atoms with Gasteiger partial charge in [-0.15, -0.1) is 0 Å². The number of rotatable bonds is 4. The van der Waals surface area contributed by atoms with Crippen LogP contribution in [0.1, 0.15) is 47.0 Å². The molecule has 0 amide bonds. The Kier molecular flexibility index (Phi) is 3.59. The molecule has 1 aliphatic rings. The van der Waals surface area contributed by atoms with Gasteiger partial charge in [-0.2, -0.15) is 0 Å². The Morgan fingerprint density at radius 2 is 2.07 bits per heavy atom. The van der Waals surface area contributed by atoms with Crippen LogP contribution in [0.3, 0.4) is 0 Å². The van der Waals surface area contributed by atoms with E-state index in [0.29, 0.717) is 11.5 Å². The summed E-state index contributed by atoms with van der Waals surface area (Å²) in [7, 11) is 1.78. The Morgan fingerprint density at radius 1 is 1.43 bits per heavy atom. The first-order valence-electron chi connectivity index (χ1n) is 5.66. The molecule has 1 N–H and O–H groups in total. The molecule has 1 atom stereocenters. The molecule has 0 bridgehead atoms. The van der Waals surface area contributed by atoms with Crippen LogP contribution in [0, 0.1) is 5.41 Å². The van der Waals surface area contributed by atoms with Gasteiger partial charge >= 0.3 is 0 Å². The summed E-state index contributed by atoms with van der Waals surface area (Å²) in [6.07, 6.45) is 4.02. The van der Waals surface area contributed by atoms with Crippen LogP contribution in [0.25, 0.3) is 0 Å². The zero-order chi connectivity index (χ0) is 10.8. The number of nitrogens with one attached hydrogen (secondary N) is 1. The molecule has 1 rings (SSSR count). The molecule has 1 aliphatic carbocycles. The van der Waals surface area contributed by atoms with Gasteiger partial charge in [0.05, 0.1) is 5.60 Å². The van der Waals surface area contributed by atoms with Gasteiger partial charge in [0.15, 0.2) is 0 Å². The summed E-state index contributed by atoms with van der Waals surface area (Å²) in [5, 5.41) is 3.64. The molecular weight excluding hydrogens is 174 g/mol. The fourth-order valence-corrected chi connectivity index (χ4v) is 2.15. The monoisotopic (exact) mass is 199 g/mol. The Morgan fingerprint density at radius 3 is 2.50 bits per heavy atom. The van der Waals surface area contributed by atoms with Gasteiger partial charge in [-0.25, -0.2) is 0 Å². The van der Waals surface area contributed by atoms with Crippen LogP contribution in [0.2, 0.25) is 0 Å². The van der Waals surface area contributed by atoms with E-state index >= 15 is 0 Å². The SMILES string of the molecule is COC(C)(C)CNC1CCCC1(C)C. The molecule has 84 valence electrons. The maximum atomic E-state index is 5.40. The molecule has 0 heterocycles. The molecule has 0 aromatic carbocycles. The molecule has 1 unspecified atom stereocenters. The van der Waals surface area contributed by atoms with E-state index in [1.807, 2.05) is 0 Å². The van der Waals surface area contributed by atoms with Crippen LogP contribution < -0.4 is 5.32 Å². The lowest BCUT2D eigenvalue weighted by atomic mass is 9.87. The summed E-state index contributed by atoms with van der Waals surface area (Å²) in [4.78, 5) is 0. The number of methoxy groups -OCH3 is 1.